The fraction of sp³-hybridized carbons (Fsp3) is 0.529. The number of fused-ring (bicyclic) bond motifs is 1. The summed E-state index contributed by atoms with van der Waals surface area (Å²) in [6.45, 7) is 6.15. The number of anilines is 1. The third kappa shape index (κ3) is 3.47. The van der Waals surface area contributed by atoms with Gasteiger partial charge in [-0.3, -0.25) is 9.59 Å². The van der Waals surface area contributed by atoms with Gasteiger partial charge in [0.15, 0.2) is 0 Å². The van der Waals surface area contributed by atoms with Crippen molar-refractivity contribution in [2.75, 3.05) is 30.3 Å². The molecule has 0 bridgehead atoms. The summed E-state index contributed by atoms with van der Waals surface area (Å²) in [6, 6.07) is 7.97. The fourth-order valence-corrected chi connectivity index (χ4v) is 3.96. The van der Waals surface area contributed by atoms with Crippen molar-refractivity contribution in [3.8, 4) is 0 Å². The molecule has 1 aromatic carbocycles. The second-order valence-corrected chi connectivity index (χ2v) is 8.15. The molecule has 2 amide bonds. The smallest absolute Gasteiger partial charge is 0.243 e. The summed E-state index contributed by atoms with van der Waals surface area (Å²) in [7, 11) is 0. The van der Waals surface area contributed by atoms with E-state index in [2.05, 4.69) is 33.7 Å². The summed E-state index contributed by atoms with van der Waals surface area (Å²) in [4.78, 5) is 26.4. The Balaban J connectivity index is 1.47. The van der Waals surface area contributed by atoms with Gasteiger partial charge in [0.05, 0.1) is 4.75 Å². The number of thioether (sulfide) groups is 1. The van der Waals surface area contributed by atoms with Crippen LogP contribution in [-0.4, -0.2) is 48.0 Å². The number of hydrogen-bond donors (Lipinski definition) is 2. The summed E-state index contributed by atoms with van der Waals surface area (Å²) in [5.41, 5.74) is 2.64. The molecule has 0 saturated carbocycles. The molecule has 0 aliphatic carbocycles. The molecule has 2 aliphatic rings. The van der Waals surface area contributed by atoms with E-state index in [9.17, 15) is 9.59 Å². The van der Waals surface area contributed by atoms with E-state index in [0.29, 0.717) is 12.3 Å². The average Bonchev–Trinajstić information content (AvgIpc) is 2.93. The van der Waals surface area contributed by atoms with Crippen LogP contribution >= 0.6 is 11.8 Å². The molecule has 2 aliphatic heterocycles. The summed E-state index contributed by atoms with van der Waals surface area (Å²) in [5, 5.41) is 5.76. The minimum Gasteiger partial charge on any atom is -0.369 e. The molecule has 1 fully saturated rings. The monoisotopic (exact) mass is 333 g/mol. The van der Waals surface area contributed by atoms with E-state index in [-0.39, 0.29) is 11.8 Å². The van der Waals surface area contributed by atoms with Crippen molar-refractivity contribution in [3.63, 3.8) is 0 Å². The Morgan fingerprint density at radius 1 is 1.43 bits per heavy atom. The molecule has 6 heteroatoms. The number of carbonyl (C=O) groups excluding carboxylic acids is 2. The predicted octanol–water partition coefficient (Wildman–Crippen LogP) is 1.18. The van der Waals surface area contributed by atoms with E-state index >= 15 is 0 Å². The van der Waals surface area contributed by atoms with Gasteiger partial charge in [0, 0.05) is 31.1 Å². The van der Waals surface area contributed by atoms with Crippen molar-refractivity contribution in [1.29, 1.82) is 0 Å². The van der Waals surface area contributed by atoms with E-state index in [0.717, 1.165) is 19.5 Å². The standard InChI is InChI=1S/C17H23N3O2S/c1-17(2)16(22)19-13(11-23-17)15(21)18-8-10-20-9-7-12-5-3-4-6-14(12)20/h3-6,13H,7-11H2,1-2H3,(H,18,21)(H,19,22)/t13-/m1/s1. The summed E-state index contributed by atoms with van der Waals surface area (Å²) in [6.07, 6.45) is 1.06. The maximum absolute atomic E-state index is 12.2. The highest BCUT2D eigenvalue weighted by atomic mass is 32.2. The molecule has 0 unspecified atom stereocenters. The highest BCUT2D eigenvalue weighted by Gasteiger charge is 2.37. The van der Waals surface area contributed by atoms with Crippen LogP contribution in [0.25, 0.3) is 0 Å². The molecule has 5 nitrogen and oxygen atoms in total. The number of hydrogen-bond acceptors (Lipinski definition) is 4. The van der Waals surface area contributed by atoms with E-state index in [1.807, 2.05) is 19.9 Å². The van der Waals surface area contributed by atoms with E-state index < -0.39 is 10.8 Å². The van der Waals surface area contributed by atoms with Crippen molar-refractivity contribution in [3.05, 3.63) is 29.8 Å². The van der Waals surface area contributed by atoms with E-state index in [1.165, 1.54) is 23.0 Å². The number of nitrogens with zero attached hydrogens (tertiary/aromatic N) is 1. The van der Waals surface area contributed by atoms with Gasteiger partial charge >= 0.3 is 0 Å². The lowest BCUT2D eigenvalue weighted by Crippen LogP contribution is -2.57. The Bertz CT molecular complexity index is 618. The average molecular weight is 333 g/mol. The van der Waals surface area contributed by atoms with Crippen LogP contribution in [0.3, 0.4) is 0 Å². The maximum Gasteiger partial charge on any atom is 0.243 e. The Morgan fingerprint density at radius 2 is 2.22 bits per heavy atom. The van der Waals surface area contributed by atoms with E-state index in [4.69, 9.17) is 0 Å². The van der Waals surface area contributed by atoms with Crippen LogP contribution in [0.1, 0.15) is 19.4 Å². The third-order valence-corrected chi connectivity index (χ3v) is 5.85. The van der Waals surface area contributed by atoms with Crippen LogP contribution in [0.15, 0.2) is 24.3 Å². The molecule has 2 N–H and O–H groups in total. The quantitative estimate of drug-likeness (QED) is 0.868. The summed E-state index contributed by atoms with van der Waals surface area (Å²) >= 11 is 1.53. The first-order chi connectivity index (χ1) is 11.0. The van der Waals surface area contributed by atoms with Gasteiger partial charge in [0.2, 0.25) is 11.8 Å². The van der Waals surface area contributed by atoms with Gasteiger partial charge in [0.25, 0.3) is 0 Å². The van der Waals surface area contributed by atoms with Gasteiger partial charge in [-0.1, -0.05) is 18.2 Å². The number of benzene rings is 1. The summed E-state index contributed by atoms with van der Waals surface area (Å²) < 4.78 is -0.448. The number of amides is 2. The van der Waals surface area contributed by atoms with Crippen LogP contribution in [0, 0.1) is 0 Å². The largest absolute Gasteiger partial charge is 0.369 e. The molecule has 0 aromatic heterocycles. The number of nitrogens with one attached hydrogen (secondary N) is 2. The topological polar surface area (TPSA) is 61.4 Å². The third-order valence-electron chi connectivity index (χ3n) is 4.44. The molecule has 23 heavy (non-hydrogen) atoms. The lowest BCUT2D eigenvalue weighted by atomic mass is 10.1. The molecule has 3 rings (SSSR count). The molecular weight excluding hydrogens is 310 g/mol. The highest BCUT2D eigenvalue weighted by molar-refractivity contribution is 8.01. The van der Waals surface area contributed by atoms with Gasteiger partial charge in [-0.15, -0.1) is 11.8 Å². The lowest BCUT2D eigenvalue weighted by Gasteiger charge is -2.33. The fourth-order valence-electron chi connectivity index (χ4n) is 2.95. The molecule has 2 heterocycles. The lowest BCUT2D eigenvalue weighted by molar-refractivity contribution is -0.129. The normalized spacial score (nSPS) is 22.4. The molecule has 0 radical (unpaired) electrons. The van der Waals surface area contributed by atoms with Gasteiger partial charge in [-0.2, -0.15) is 0 Å². The molecule has 1 atom stereocenters. The van der Waals surface area contributed by atoms with Crippen molar-refractivity contribution < 1.29 is 9.59 Å². The molecular formula is C17H23N3O2S. The molecule has 0 spiro atoms. The molecule has 1 aromatic rings. The summed E-state index contributed by atoms with van der Waals surface area (Å²) in [5.74, 6) is 0.466. The predicted molar refractivity (Wildman–Crippen MR) is 93.8 cm³/mol. The number of rotatable bonds is 4. The SMILES string of the molecule is CC1(C)SC[C@H](C(=O)NCCN2CCc3ccccc32)NC1=O. The highest BCUT2D eigenvalue weighted by Crippen LogP contribution is 2.29. The second-order valence-electron chi connectivity index (χ2n) is 6.50. The number of carbonyl (C=O) groups is 2. The maximum atomic E-state index is 12.2. The van der Waals surface area contributed by atoms with E-state index in [1.54, 1.807) is 0 Å². The number of para-hydroxylation sites is 1. The Morgan fingerprint density at radius 3 is 3.00 bits per heavy atom. The Hall–Kier alpha value is -1.69. The van der Waals surface area contributed by atoms with Gasteiger partial charge < -0.3 is 15.5 Å². The van der Waals surface area contributed by atoms with Gasteiger partial charge in [-0.05, 0) is 31.9 Å². The zero-order valence-electron chi connectivity index (χ0n) is 13.6. The first-order valence-electron chi connectivity index (χ1n) is 8.03. The van der Waals surface area contributed by atoms with Crippen LogP contribution in [0.2, 0.25) is 0 Å². The van der Waals surface area contributed by atoms with Crippen LogP contribution in [0.5, 0.6) is 0 Å². The molecule has 124 valence electrons. The van der Waals surface area contributed by atoms with Gasteiger partial charge in [0.1, 0.15) is 6.04 Å². The molecule has 1 saturated heterocycles. The minimum absolute atomic E-state index is 0.0672. The van der Waals surface area contributed by atoms with Crippen molar-refractivity contribution in [2.24, 2.45) is 0 Å². The Labute approximate surface area is 141 Å². The van der Waals surface area contributed by atoms with Crippen molar-refractivity contribution in [1.82, 2.24) is 10.6 Å². The van der Waals surface area contributed by atoms with Crippen molar-refractivity contribution in [2.45, 2.75) is 31.1 Å². The first kappa shape index (κ1) is 16.2. The van der Waals surface area contributed by atoms with Crippen molar-refractivity contribution >= 4 is 29.3 Å². The van der Waals surface area contributed by atoms with Crippen LogP contribution in [-0.2, 0) is 16.0 Å². The zero-order valence-corrected chi connectivity index (χ0v) is 14.4. The Kier molecular flexibility index (Phi) is 4.53. The minimum atomic E-state index is -0.448. The van der Waals surface area contributed by atoms with Gasteiger partial charge in [-0.25, -0.2) is 0 Å². The van der Waals surface area contributed by atoms with Crippen LogP contribution < -0.4 is 15.5 Å². The second kappa shape index (κ2) is 6.43. The first-order valence-corrected chi connectivity index (χ1v) is 9.01. The zero-order chi connectivity index (χ0) is 16.4. The van der Waals surface area contributed by atoms with Crippen LogP contribution in [0.4, 0.5) is 5.69 Å².